The molecule has 1 aromatic carbocycles. The van der Waals surface area contributed by atoms with Crippen molar-refractivity contribution in [1.82, 2.24) is 10.2 Å². The van der Waals surface area contributed by atoms with Gasteiger partial charge in [0, 0.05) is 25.0 Å². The minimum atomic E-state index is -0.783. The molecule has 2 N–H and O–H groups in total. The highest BCUT2D eigenvalue weighted by atomic mass is 19.1. The minimum Gasteiger partial charge on any atom is -0.480 e. The van der Waals surface area contributed by atoms with Crippen LogP contribution in [0.1, 0.15) is 44.6 Å². The smallest absolute Gasteiger partial charge is 0.317 e. The summed E-state index contributed by atoms with van der Waals surface area (Å²) in [5.74, 6) is -0.215. The average Bonchev–Trinajstić information content (AvgIpc) is 3.33. The van der Waals surface area contributed by atoms with Gasteiger partial charge in [0.2, 0.25) is 5.91 Å². The normalized spacial score (nSPS) is 22.9. The molecule has 27 heavy (non-hydrogen) atoms. The number of hydrogen-bond donors (Lipinski definition) is 2. The Morgan fingerprint density at radius 3 is 2.70 bits per heavy atom. The maximum Gasteiger partial charge on any atom is 0.317 e. The van der Waals surface area contributed by atoms with Crippen LogP contribution in [0.4, 0.5) is 4.39 Å². The van der Waals surface area contributed by atoms with E-state index in [1.165, 1.54) is 25.0 Å². The molecule has 0 spiro atoms. The Morgan fingerprint density at radius 1 is 1.33 bits per heavy atom. The number of carbonyl (C=O) groups is 2. The first kappa shape index (κ1) is 19.8. The Bertz CT molecular complexity index is 671. The molecule has 2 aliphatic rings. The van der Waals surface area contributed by atoms with E-state index in [1.54, 1.807) is 6.07 Å². The highest BCUT2D eigenvalue weighted by Gasteiger charge is 2.37. The number of carboxylic acid groups (broad SMARTS) is 1. The average molecular weight is 376 g/mol. The van der Waals surface area contributed by atoms with E-state index < -0.39 is 5.97 Å². The van der Waals surface area contributed by atoms with Gasteiger partial charge in [-0.1, -0.05) is 19.1 Å². The van der Waals surface area contributed by atoms with Crippen LogP contribution in [0.25, 0.3) is 0 Å². The van der Waals surface area contributed by atoms with Crippen LogP contribution in [0.3, 0.4) is 0 Å². The molecule has 1 unspecified atom stereocenters. The summed E-state index contributed by atoms with van der Waals surface area (Å²) in [5.41, 5.74) is 0.906. The lowest BCUT2D eigenvalue weighted by atomic mass is 9.84. The SMILES string of the molecule is CC(CC(=O)NC1CC(N(CC(=O)O)CC2CC2)C1)Cc1cccc(F)c1. The quantitative estimate of drug-likeness (QED) is 0.659. The molecule has 0 aliphatic heterocycles. The van der Waals surface area contributed by atoms with E-state index in [2.05, 4.69) is 10.2 Å². The Balaban J connectivity index is 1.38. The molecule has 6 heteroatoms. The van der Waals surface area contributed by atoms with Gasteiger partial charge in [0.05, 0.1) is 6.54 Å². The third-order valence-corrected chi connectivity index (χ3v) is 5.53. The molecular weight excluding hydrogens is 347 g/mol. The van der Waals surface area contributed by atoms with Crippen molar-refractivity contribution < 1.29 is 19.1 Å². The van der Waals surface area contributed by atoms with Crippen molar-refractivity contribution in [3.63, 3.8) is 0 Å². The van der Waals surface area contributed by atoms with Gasteiger partial charge < -0.3 is 10.4 Å². The third-order valence-electron chi connectivity index (χ3n) is 5.53. The Morgan fingerprint density at radius 2 is 2.07 bits per heavy atom. The van der Waals surface area contributed by atoms with E-state index in [9.17, 15) is 14.0 Å². The van der Waals surface area contributed by atoms with Crippen molar-refractivity contribution in [1.29, 1.82) is 0 Å². The molecule has 1 amide bonds. The van der Waals surface area contributed by atoms with Crippen molar-refractivity contribution in [2.45, 2.75) is 57.5 Å². The molecule has 2 aliphatic carbocycles. The number of carbonyl (C=O) groups excluding carboxylic acids is 1. The van der Waals surface area contributed by atoms with E-state index in [1.807, 2.05) is 13.0 Å². The predicted molar refractivity (Wildman–Crippen MR) is 101 cm³/mol. The van der Waals surface area contributed by atoms with Crippen molar-refractivity contribution >= 4 is 11.9 Å². The molecular formula is C21H29FN2O3. The van der Waals surface area contributed by atoms with Gasteiger partial charge in [-0.15, -0.1) is 0 Å². The zero-order chi connectivity index (χ0) is 19.4. The van der Waals surface area contributed by atoms with Crippen LogP contribution in [-0.2, 0) is 16.0 Å². The lowest BCUT2D eigenvalue weighted by Gasteiger charge is -2.42. The molecule has 0 bridgehead atoms. The van der Waals surface area contributed by atoms with Gasteiger partial charge in [-0.05, 0) is 61.6 Å². The van der Waals surface area contributed by atoms with Gasteiger partial charge in [0.25, 0.3) is 0 Å². The molecule has 1 atom stereocenters. The number of nitrogens with one attached hydrogen (secondary N) is 1. The summed E-state index contributed by atoms with van der Waals surface area (Å²) in [6, 6.07) is 6.91. The van der Waals surface area contributed by atoms with Crippen LogP contribution in [0, 0.1) is 17.7 Å². The second kappa shape index (κ2) is 8.83. The predicted octanol–water partition coefficient (Wildman–Crippen LogP) is 2.84. The summed E-state index contributed by atoms with van der Waals surface area (Å²) >= 11 is 0. The van der Waals surface area contributed by atoms with Crippen LogP contribution < -0.4 is 5.32 Å². The molecule has 0 aromatic heterocycles. The summed E-state index contributed by atoms with van der Waals surface area (Å²) in [6.07, 6.45) is 5.14. The minimum absolute atomic E-state index is 0.0225. The fraction of sp³-hybridized carbons (Fsp3) is 0.619. The van der Waals surface area contributed by atoms with Gasteiger partial charge in [-0.3, -0.25) is 14.5 Å². The van der Waals surface area contributed by atoms with E-state index >= 15 is 0 Å². The van der Waals surface area contributed by atoms with Crippen molar-refractivity contribution in [3.05, 3.63) is 35.6 Å². The first-order valence-corrected chi connectivity index (χ1v) is 9.88. The second-order valence-electron chi connectivity index (χ2n) is 8.30. The van der Waals surface area contributed by atoms with Crippen LogP contribution in [-0.4, -0.2) is 47.1 Å². The first-order valence-electron chi connectivity index (χ1n) is 9.88. The number of carboxylic acids is 1. The molecule has 148 valence electrons. The number of nitrogens with zero attached hydrogens (tertiary/aromatic N) is 1. The van der Waals surface area contributed by atoms with Crippen LogP contribution in [0.5, 0.6) is 0 Å². The monoisotopic (exact) mass is 376 g/mol. The van der Waals surface area contributed by atoms with Crippen LogP contribution >= 0.6 is 0 Å². The summed E-state index contributed by atoms with van der Waals surface area (Å²) in [7, 11) is 0. The van der Waals surface area contributed by atoms with Gasteiger partial charge >= 0.3 is 5.97 Å². The Kier molecular flexibility index (Phi) is 6.47. The fourth-order valence-corrected chi connectivity index (χ4v) is 3.89. The summed E-state index contributed by atoms with van der Waals surface area (Å²) in [4.78, 5) is 25.4. The topological polar surface area (TPSA) is 69.6 Å². The molecule has 0 radical (unpaired) electrons. The van der Waals surface area contributed by atoms with E-state index in [4.69, 9.17) is 5.11 Å². The number of rotatable bonds is 10. The van der Waals surface area contributed by atoms with Crippen molar-refractivity contribution in [2.24, 2.45) is 11.8 Å². The molecule has 1 aromatic rings. The molecule has 0 saturated heterocycles. The number of amides is 1. The molecule has 2 saturated carbocycles. The van der Waals surface area contributed by atoms with Crippen LogP contribution in [0.2, 0.25) is 0 Å². The zero-order valence-electron chi connectivity index (χ0n) is 15.9. The van der Waals surface area contributed by atoms with Gasteiger partial charge in [-0.25, -0.2) is 4.39 Å². The molecule has 5 nitrogen and oxygen atoms in total. The van der Waals surface area contributed by atoms with Crippen molar-refractivity contribution in [3.8, 4) is 0 Å². The number of aliphatic carboxylic acids is 1. The van der Waals surface area contributed by atoms with Gasteiger partial charge in [0.15, 0.2) is 0 Å². The number of benzene rings is 1. The maximum absolute atomic E-state index is 13.2. The third kappa shape index (κ3) is 6.31. The summed E-state index contributed by atoms with van der Waals surface area (Å²) in [5, 5.41) is 12.2. The zero-order valence-corrected chi connectivity index (χ0v) is 15.9. The maximum atomic E-state index is 13.2. The summed E-state index contributed by atoms with van der Waals surface area (Å²) in [6.45, 7) is 2.95. The fourth-order valence-electron chi connectivity index (χ4n) is 3.89. The van der Waals surface area contributed by atoms with Gasteiger partial charge in [-0.2, -0.15) is 0 Å². The number of halogens is 1. The number of hydrogen-bond acceptors (Lipinski definition) is 3. The largest absolute Gasteiger partial charge is 0.480 e. The highest BCUT2D eigenvalue weighted by molar-refractivity contribution is 5.76. The standard InChI is InChI=1S/C21H29FN2O3/c1-14(7-16-3-2-4-17(22)9-16)8-20(25)23-18-10-19(11-18)24(13-21(26)27)12-15-5-6-15/h2-4,9,14-15,18-19H,5-8,10-13H2,1H3,(H,23,25)(H,26,27). The lowest BCUT2D eigenvalue weighted by Crippen LogP contribution is -2.55. The van der Waals surface area contributed by atoms with E-state index in [0.717, 1.165) is 24.9 Å². The Hall–Kier alpha value is -1.95. The van der Waals surface area contributed by atoms with Crippen LogP contribution in [0.15, 0.2) is 24.3 Å². The second-order valence-corrected chi connectivity index (χ2v) is 8.30. The first-order chi connectivity index (χ1) is 12.9. The van der Waals surface area contributed by atoms with E-state index in [-0.39, 0.29) is 36.3 Å². The lowest BCUT2D eigenvalue weighted by molar-refractivity contribution is -0.140. The summed E-state index contributed by atoms with van der Waals surface area (Å²) < 4.78 is 13.2. The Labute approximate surface area is 159 Å². The van der Waals surface area contributed by atoms with Gasteiger partial charge in [0.1, 0.15) is 5.82 Å². The van der Waals surface area contributed by atoms with Crippen molar-refractivity contribution in [2.75, 3.05) is 13.1 Å². The molecule has 2 fully saturated rings. The highest BCUT2D eigenvalue weighted by Crippen LogP contribution is 2.33. The molecule has 3 rings (SSSR count). The van der Waals surface area contributed by atoms with E-state index in [0.29, 0.717) is 18.8 Å². The molecule has 0 heterocycles.